The molecule has 0 amide bonds. The Labute approximate surface area is 391 Å². The number of esters is 2. The molecule has 64 heavy (non-hydrogen) atoms. The molecule has 0 aliphatic rings. The highest BCUT2D eigenvalue weighted by Gasteiger charge is 2.31. The molecule has 0 heterocycles. The zero-order valence-electron chi connectivity index (χ0n) is 41.2. The second-order valence-electron chi connectivity index (χ2n) is 17.5. The molecule has 0 fully saturated rings. The Hall–Kier alpha value is -4.01. The quantitative estimate of drug-likeness (QED) is 0.0214. The van der Waals surface area contributed by atoms with Crippen LogP contribution in [0.25, 0.3) is 0 Å². The van der Waals surface area contributed by atoms with Gasteiger partial charge in [0.25, 0.3) is 0 Å². The smallest absolute Gasteiger partial charge is 0.362 e. The molecule has 8 nitrogen and oxygen atoms in total. The second-order valence-corrected chi connectivity index (χ2v) is 17.5. The minimum Gasteiger partial charge on any atom is -0.477 e. The average molecular weight is 891 g/mol. The summed E-state index contributed by atoms with van der Waals surface area (Å²) in [4.78, 5) is 37.1. The van der Waals surface area contributed by atoms with Crippen molar-refractivity contribution in [2.75, 3.05) is 41.0 Å². The number of rotatable bonds is 43. The van der Waals surface area contributed by atoms with E-state index in [0.717, 1.165) is 57.8 Å². The molecule has 362 valence electrons. The standard InChI is InChI=1S/C56H91NO7/c1-6-8-10-12-14-16-18-20-22-24-26-27-29-30-32-34-36-38-40-42-44-46-54(58)63-51-52(50-62-49-48-53(56(60)61)57(3,4)5)64-55(59)47-45-43-41-39-37-35-33-31-28-25-23-21-19-17-15-13-11-9-7-2/h8-11,13-17,19,21,23,25,28,31,33,35,37,52-53H,6-7,12,18,20,22,24,26-27,29-30,32,34,36,38-51H2,1-5H3/p+1/b10-8+,11-9+,15-13+,16-14+,19-17+,23-21+,28-25+,33-31+,37-35+. The highest BCUT2D eigenvalue weighted by Crippen LogP contribution is 2.15. The van der Waals surface area contributed by atoms with Gasteiger partial charge < -0.3 is 23.8 Å². The lowest BCUT2D eigenvalue weighted by Crippen LogP contribution is -2.50. The van der Waals surface area contributed by atoms with Crippen molar-refractivity contribution in [1.82, 2.24) is 0 Å². The van der Waals surface area contributed by atoms with Crippen LogP contribution in [0.3, 0.4) is 0 Å². The van der Waals surface area contributed by atoms with Gasteiger partial charge in [-0.1, -0.05) is 207 Å². The largest absolute Gasteiger partial charge is 0.477 e. The van der Waals surface area contributed by atoms with Crippen LogP contribution in [0.4, 0.5) is 0 Å². The number of unbranched alkanes of at least 4 members (excludes halogenated alkanes) is 17. The maximum atomic E-state index is 12.8. The first-order chi connectivity index (χ1) is 31.1. The molecule has 1 N–H and O–H groups in total. The number of carboxylic acids is 1. The van der Waals surface area contributed by atoms with E-state index in [9.17, 15) is 19.5 Å². The van der Waals surface area contributed by atoms with E-state index in [0.29, 0.717) is 19.3 Å². The van der Waals surface area contributed by atoms with Gasteiger partial charge in [0.1, 0.15) is 6.61 Å². The van der Waals surface area contributed by atoms with Crippen LogP contribution in [-0.4, -0.2) is 80.6 Å². The topological polar surface area (TPSA) is 99.1 Å². The first kappa shape index (κ1) is 60.0. The van der Waals surface area contributed by atoms with E-state index in [4.69, 9.17) is 14.2 Å². The maximum Gasteiger partial charge on any atom is 0.362 e. The molecule has 0 spiro atoms. The molecule has 0 bridgehead atoms. The molecule has 0 aromatic rings. The number of ether oxygens (including phenoxy) is 3. The van der Waals surface area contributed by atoms with Crippen molar-refractivity contribution in [2.45, 2.75) is 187 Å². The fourth-order valence-corrected chi connectivity index (χ4v) is 6.82. The van der Waals surface area contributed by atoms with Gasteiger partial charge in [0, 0.05) is 19.3 Å². The van der Waals surface area contributed by atoms with Crippen molar-refractivity contribution < 1.29 is 38.2 Å². The molecule has 0 saturated heterocycles. The summed E-state index contributed by atoms with van der Waals surface area (Å²) >= 11 is 0. The predicted molar refractivity (Wildman–Crippen MR) is 270 cm³/mol. The van der Waals surface area contributed by atoms with Gasteiger partial charge in [-0.25, -0.2) is 4.79 Å². The molecule has 0 aromatic heterocycles. The number of carbonyl (C=O) groups excluding carboxylic acids is 2. The SMILES string of the molecule is CC/C=C/C=C/C=C/C=C/C=C/C=C/C=C/CCCCCC(=O)OC(COCCC(C(=O)O)[N+](C)(C)C)COC(=O)CCCCCCCCCCCCCCCC/C=C/C/C=C/CC. The van der Waals surface area contributed by atoms with Crippen LogP contribution >= 0.6 is 0 Å². The molecule has 8 heteroatoms. The van der Waals surface area contributed by atoms with Crippen molar-refractivity contribution in [3.63, 3.8) is 0 Å². The summed E-state index contributed by atoms with van der Waals surface area (Å²) in [5.74, 6) is -1.54. The number of hydrogen-bond donors (Lipinski definition) is 1. The Morgan fingerprint density at radius 3 is 1.41 bits per heavy atom. The van der Waals surface area contributed by atoms with Crippen molar-refractivity contribution in [3.05, 3.63) is 109 Å². The summed E-state index contributed by atoms with van der Waals surface area (Å²) < 4.78 is 17.3. The van der Waals surface area contributed by atoms with E-state index < -0.39 is 18.1 Å². The summed E-state index contributed by atoms with van der Waals surface area (Å²) in [5.41, 5.74) is 0. The number of carbonyl (C=O) groups is 3. The average Bonchev–Trinajstić information content (AvgIpc) is 3.26. The monoisotopic (exact) mass is 891 g/mol. The first-order valence-electron chi connectivity index (χ1n) is 25.0. The van der Waals surface area contributed by atoms with E-state index in [-0.39, 0.29) is 42.7 Å². The summed E-state index contributed by atoms with van der Waals surface area (Å²) in [6, 6.07) is -0.631. The molecule has 0 aliphatic carbocycles. The van der Waals surface area contributed by atoms with Crippen molar-refractivity contribution in [1.29, 1.82) is 0 Å². The Kier molecular flexibility index (Phi) is 42.7. The predicted octanol–water partition coefficient (Wildman–Crippen LogP) is 14.4. The fraction of sp³-hybridized carbons (Fsp3) is 0.625. The highest BCUT2D eigenvalue weighted by molar-refractivity contribution is 5.72. The van der Waals surface area contributed by atoms with E-state index in [2.05, 4.69) is 50.3 Å². The van der Waals surface area contributed by atoms with Gasteiger partial charge in [0.15, 0.2) is 12.1 Å². The molecular weight excluding hydrogens is 799 g/mol. The molecular formula is C56H92NO7+. The van der Waals surface area contributed by atoms with Crippen LogP contribution < -0.4 is 0 Å². The molecule has 2 unspecified atom stereocenters. The lowest BCUT2D eigenvalue weighted by Gasteiger charge is -2.31. The normalized spacial score (nSPS) is 13.8. The number of carboxylic acid groups (broad SMARTS) is 1. The van der Waals surface area contributed by atoms with Crippen molar-refractivity contribution in [3.8, 4) is 0 Å². The zero-order valence-corrected chi connectivity index (χ0v) is 41.2. The fourth-order valence-electron chi connectivity index (χ4n) is 6.82. The molecule has 0 radical (unpaired) electrons. The molecule has 0 rings (SSSR count). The number of hydrogen-bond acceptors (Lipinski definition) is 6. The number of quaternary nitrogens is 1. The molecule has 0 aliphatic heterocycles. The summed E-state index contributed by atoms with van der Waals surface area (Å²) in [5, 5.41) is 9.65. The maximum absolute atomic E-state index is 12.8. The third-order valence-corrected chi connectivity index (χ3v) is 10.6. The van der Waals surface area contributed by atoms with E-state index in [1.54, 1.807) is 0 Å². The van der Waals surface area contributed by atoms with Gasteiger partial charge in [0.05, 0.1) is 34.4 Å². The van der Waals surface area contributed by atoms with Crippen LogP contribution in [-0.2, 0) is 28.6 Å². The minimum atomic E-state index is -0.887. The van der Waals surface area contributed by atoms with Crippen molar-refractivity contribution in [2.24, 2.45) is 0 Å². The van der Waals surface area contributed by atoms with Gasteiger partial charge in [-0.2, -0.15) is 0 Å². The first-order valence-corrected chi connectivity index (χ1v) is 25.0. The third kappa shape index (κ3) is 43.3. The number of allylic oxidation sites excluding steroid dienone is 18. The zero-order chi connectivity index (χ0) is 47.0. The Balaban J connectivity index is 4.35. The molecule has 0 aromatic carbocycles. The number of aliphatic carboxylic acids is 1. The lowest BCUT2D eigenvalue weighted by atomic mass is 10.0. The molecule has 0 saturated carbocycles. The summed E-state index contributed by atoms with van der Waals surface area (Å²) in [6.07, 6.45) is 62.8. The van der Waals surface area contributed by atoms with Gasteiger partial charge in [-0.3, -0.25) is 9.59 Å². The van der Waals surface area contributed by atoms with Gasteiger partial charge in [-0.05, 0) is 57.8 Å². The Bertz CT molecular complexity index is 1410. The van der Waals surface area contributed by atoms with E-state index in [1.807, 2.05) is 94.1 Å². The second kappa shape index (κ2) is 45.6. The van der Waals surface area contributed by atoms with Gasteiger partial charge >= 0.3 is 17.9 Å². The van der Waals surface area contributed by atoms with Gasteiger partial charge in [0.2, 0.25) is 0 Å². The van der Waals surface area contributed by atoms with Crippen LogP contribution in [0, 0.1) is 0 Å². The number of likely N-dealkylation sites (N-methyl/N-ethyl adjacent to an activating group) is 1. The van der Waals surface area contributed by atoms with E-state index in [1.165, 1.54) is 77.0 Å². The number of nitrogens with zero attached hydrogens (tertiary/aromatic N) is 1. The molecule has 2 atom stereocenters. The third-order valence-electron chi connectivity index (χ3n) is 10.6. The highest BCUT2D eigenvalue weighted by atomic mass is 16.6. The Morgan fingerprint density at radius 1 is 0.484 bits per heavy atom. The van der Waals surface area contributed by atoms with Gasteiger partial charge in [-0.15, -0.1) is 0 Å². The van der Waals surface area contributed by atoms with Crippen LogP contribution in [0.1, 0.15) is 174 Å². The summed E-state index contributed by atoms with van der Waals surface area (Å²) in [6.45, 7) is 4.43. The minimum absolute atomic E-state index is 0.0357. The Morgan fingerprint density at radius 2 is 0.906 bits per heavy atom. The lowest BCUT2D eigenvalue weighted by molar-refractivity contribution is -0.887. The van der Waals surface area contributed by atoms with E-state index >= 15 is 0 Å². The van der Waals surface area contributed by atoms with Crippen molar-refractivity contribution >= 4 is 17.9 Å². The summed E-state index contributed by atoms with van der Waals surface area (Å²) in [7, 11) is 5.50. The van der Waals surface area contributed by atoms with Crippen LogP contribution in [0.5, 0.6) is 0 Å². The van der Waals surface area contributed by atoms with Crippen LogP contribution in [0.15, 0.2) is 109 Å². The van der Waals surface area contributed by atoms with Crippen LogP contribution in [0.2, 0.25) is 0 Å².